The van der Waals surface area contributed by atoms with E-state index in [1.807, 2.05) is 0 Å². The molecule has 6 nitrogen and oxygen atoms in total. The topological polar surface area (TPSA) is 81.7 Å². The van der Waals surface area contributed by atoms with Crippen molar-refractivity contribution in [1.29, 1.82) is 0 Å². The average molecular weight is 407 g/mol. The first kappa shape index (κ1) is 19.4. The van der Waals surface area contributed by atoms with Crippen LogP contribution >= 0.6 is 0 Å². The number of nitrogens with one attached hydrogen (secondary N) is 1. The Morgan fingerprint density at radius 3 is 2.60 bits per heavy atom. The molecule has 1 atom stereocenters. The number of amides is 1. The lowest BCUT2D eigenvalue weighted by molar-refractivity contribution is -0.122. The molecular weight excluding hydrogens is 389 g/mol. The van der Waals surface area contributed by atoms with Crippen LogP contribution in [0, 0.1) is 5.82 Å². The maximum atomic E-state index is 13.9. The first-order valence-electron chi connectivity index (χ1n) is 9.40. The number of ether oxygens (including phenoxy) is 1. The molecule has 0 saturated heterocycles. The van der Waals surface area contributed by atoms with E-state index in [0.717, 1.165) is 0 Å². The number of para-hydroxylation sites is 2. The number of hydrogen-bond acceptors (Lipinski definition) is 5. The van der Waals surface area contributed by atoms with Gasteiger partial charge in [-0.1, -0.05) is 31.2 Å². The van der Waals surface area contributed by atoms with Crippen LogP contribution in [0.3, 0.4) is 0 Å². The summed E-state index contributed by atoms with van der Waals surface area (Å²) in [5.74, 6) is -0.917. The summed E-state index contributed by atoms with van der Waals surface area (Å²) in [4.78, 5) is 25.8. The smallest absolute Gasteiger partial charge is 0.265 e. The normalized spacial score (nSPS) is 11.9. The Labute approximate surface area is 170 Å². The van der Waals surface area contributed by atoms with E-state index in [-0.39, 0.29) is 29.4 Å². The third-order valence-corrected chi connectivity index (χ3v) is 4.56. The summed E-state index contributed by atoms with van der Waals surface area (Å²) in [5, 5.41) is 2.81. The van der Waals surface area contributed by atoms with Crippen molar-refractivity contribution >= 4 is 22.6 Å². The van der Waals surface area contributed by atoms with E-state index in [4.69, 9.17) is 13.6 Å². The van der Waals surface area contributed by atoms with Gasteiger partial charge in [0.1, 0.15) is 11.4 Å². The summed E-state index contributed by atoms with van der Waals surface area (Å²) in [6, 6.07) is 15.8. The molecule has 0 saturated carbocycles. The molecule has 0 fully saturated rings. The first-order valence-corrected chi connectivity index (χ1v) is 9.40. The Balaban J connectivity index is 1.73. The molecule has 2 heterocycles. The molecule has 2 aromatic heterocycles. The second-order valence-corrected chi connectivity index (χ2v) is 6.55. The first-order chi connectivity index (χ1) is 14.6. The molecule has 0 aliphatic carbocycles. The van der Waals surface area contributed by atoms with Crippen molar-refractivity contribution in [1.82, 2.24) is 0 Å². The highest BCUT2D eigenvalue weighted by Gasteiger charge is 2.26. The molecule has 2 aromatic carbocycles. The van der Waals surface area contributed by atoms with E-state index in [0.29, 0.717) is 11.0 Å². The highest BCUT2D eigenvalue weighted by Crippen LogP contribution is 2.32. The van der Waals surface area contributed by atoms with Crippen molar-refractivity contribution in [2.24, 2.45) is 0 Å². The molecule has 0 bridgehead atoms. The minimum atomic E-state index is -1.05. The van der Waals surface area contributed by atoms with Crippen LogP contribution in [0.2, 0.25) is 0 Å². The van der Waals surface area contributed by atoms with Crippen LogP contribution in [0.25, 0.3) is 22.5 Å². The van der Waals surface area contributed by atoms with E-state index in [2.05, 4.69) is 5.32 Å². The Hall–Kier alpha value is -3.87. The molecule has 0 spiro atoms. The molecule has 4 aromatic rings. The summed E-state index contributed by atoms with van der Waals surface area (Å²) in [6.07, 6.45) is 0.628. The van der Waals surface area contributed by atoms with Crippen molar-refractivity contribution in [3.05, 3.63) is 83.0 Å². The molecular formula is C23H18FNO5. The quantitative estimate of drug-likeness (QED) is 0.487. The number of anilines is 1. The largest absolute Gasteiger partial charge is 0.473 e. The van der Waals surface area contributed by atoms with E-state index in [1.54, 1.807) is 49.4 Å². The molecule has 1 unspecified atom stereocenters. The predicted octanol–water partition coefficient (Wildman–Crippen LogP) is 4.99. The maximum Gasteiger partial charge on any atom is 0.265 e. The van der Waals surface area contributed by atoms with Crippen molar-refractivity contribution < 1.29 is 22.8 Å². The summed E-state index contributed by atoms with van der Waals surface area (Å²) >= 11 is 0. The Morgan fingerprint density at radius 2 is 1.87 bits per heavy atom. The molecule has 0 radical (unpaired) electrons. The average Bonchev–Trinajstić information content (AvgIpc) is 3.29. The number of rotatable bonds is 6. The Kier molecular flexibility index (Phi) is 5.34. The third kappa shape index (κ3) is 3.69. The van der Waals surface area contributed by atoms with Gasteiger partial charge in [0, 0.05) is 0 Å². The number of carbonyl (C=O) groups is 1. The SMILES string of the molecule is CCC(Oc1c(-c2ccco2)oc2ccccc2c1=O)C(=O)Nc1ccccc1F. The van der Waals surface area contributed by atoms with Gasteiger partial charge in [-0.25, -0.2) is 4.39 Å². The van der Waals surface area contributed by atoms with Gasteiger partial charge in [0.2, 0.25) is 16.9 Å². The molecule has 0 aliphatic heterocycles. The zero-order chi connectivity index (χ0) is 21.1. The van der Waals surface area contributed by atoms with Gasteiger partial charge in [0.05, 0.1) is 17.3 Å². The molecule has 7 heteroatoms. The summed E-state index contributed by atoms with van der Waals surface area (Å²) in [7, 11) is 0. The van der Waals surface area contributed by atoms with E-state index >= 15 is 0 Å². The monoisotopic (exact) mass is 407 g/mol. The van der Waals surface area contributed by atoms with Crippen molar-refractivity contribution in [3.63, 3.8) is 0 Å². The van der Waals surface area contributed by atoms with Gasteiger partial charge in [-0.2, -0.15) is 0 Å². The van der Waals surface area contributed by atoms with Crippen molar-refractivity contribution in [2.75, 3.05) is 5.32 Å². The molecule has 30 heavy (non-hydrogen) atoms. The number of halogens is 1. The standard InChI is InChI=1S/C23H18FNO5/c1-2-17(23(27)25-16-10-5-4-9-15(16)24)29-22-20(26)14-8-3-6-11-18(14)30-21(22)19-12-7-13-28-19/h3-13,17H,2H2,1H3,(H,25,27). The minimum Gasteiger partial charge on any atom is -0.473 e. The fourth-order valence-corrected chi connectivity index (χ4v) is 3.04. The predicted molar refractivity (Wildman–Crippen MR) is 110 cm³/mol. The number of hydrogen-bond donors (Lipinski definition) is 1. The number of furan rings is 1. The molecule has 1 N–H and O–H groups in total. The Bertz CT molecular complexity index is 1250. The van der Waals surface area contributed by atoms with Crippen LogP contribution in [0.4, 0.5) is 10.1 Å². The van der Waals surface area contributed by atoms with Gasteiger partial charge in [-0.15, -0.1) is 0 Å². The van der Waals surface area contributed by atoms with Crippen LogP contribution in [-0.2, 0) is 4.79 Å². The van der Waals surface area contributed by atoms with Crippen molar-refractivity contribution in [2.45, 2.75) is 19.4 Å². The van der Waals surface area contributed by atoms with E-state index in [1.165, 1.54) is 24.5 Å². The van der Waals surface area contributed by atoms with Gasteiger partial charge in [-0.05, 0) is 42.8 Å². The lowest BCUT2D eigenvalue weighted by Gasteiger charge is -2.18. The van der Waals surface area contributed by atoms with Crippen molar-refractivity contribution in [3.8, 4) is 17.3 Å². The number of benzene rings is 2. The van der Waals surface area contributed by atoms with Crippen LogP contribution < -0.4 is 15.5 Å². The Morgan fingerprint density at radius 1 is 1.10 bits per heavy atom. The second kappa shape index (κ2) is 8.24. The lowest BCUT2D eigenvalue weighted by Crippen LogP contribution is -2.34. The molecule has 0 aliphatic rings. The van der Waals surface area contributed by atoms with Crippen LogP contribution in [0.5, 0.6) is 5.75 Å². The van der Waals surface area contributed by atoms with Crippen LogP contribution in [-0.4, -0.2) is 12.0 Å². The second-order valence-electron chi connectivity index (χ2n) is 6.55. The minimum absolute atomic E-state index is 0.0290. The van der Waals surface area contributed by atoms with Crippen LogP contribution in [0.15, 0.2) is 80.6 Å². The van der Waals surface area contributed by atoms with Gasteiger partial charge >= 0.3 is 0 Å². The fourth-order valence-electron chi connectivity index (χ4n) is 3.04. The van der Waals surface area contributed by atoms with Crippen LogP contribution in [0.1, 0.15) is 13.3 Å². The maximum absolute atomic E-state index is 13.9. The van der Waals surface area contributed by atoms with Gasteiger partial charge in [-0.3, -0.25) is 9.59 Å². The van der Waals surface area contributed by atoms with E-state index in [9.17, 15) is 14.0 Å². The summed E-state index contributed by atoms with van der Waals surface area (Å²) in [5.41, 5.74) is -0.0353. The number of fused-ring (bicyclic) bond motifs is 1. The molecule has 152 valence electrons. The third-order valence-electron chi connectivity index (χ3n) is 4.56. The highest BCUT2D eigenvalue weighted by molar-refractivity contribution is 5.94. The fraction of sp³-hybridized carbons (Fsp3) is 0.130. The van der Waals surface area contributed by atoms with Gasteiger partial charge in [0.25, 0.3) is 5.91 Å². The molecule has 1 amide bonds. The summed E-state index contributed by atoms with van der Waals surface area (Å²) in [6.45, 7) is 1.72. The highest BCUT2D eigenvalue weighted by atomic mass is 19.1. The zero-order valence-electron chi connectivity index (χ0n) is 16.1. The van der Waals surface area contributed by atoms with E-state index < -0.39 is 23.3 Å². The van der Waals surface area contributed by atoms with Gasteiger partial charge < -0.3 is 18.9 Å². The molecule has 4 rings (SSSR count). The number of carbonyl (C=O) groups excluding carboxylic acids is 1. The van der Waals surface area contributed by atoms with Gasteiger partial charge in [0.15, 0.2) is 11.9 Å². The zero-order valence-corrected chi connectivity index (χ0v) is 16.1. The summed E-state index contributed by atoms with van der Waals surface area (Å²) < 4.78 is 31.0. The lowest BCUT2D eigenvalue weighted by atomic mass is 10.1.